The van der Waals surface area contributed by atoms with Crippen molar-refractivity contribution < 1.29 is 14.3 Å². The molecular formula is C18H14O3. The lowest BCUT2D eigenvalue weighted by atomic mass is 9.69. The second kappa shape index (κ2) is 5.02. The smallest absolute Gasteiger partial charge is 0.184 e. The third-order valence-electron chi connectivity index (χ3n) is 3.84. The van der Waals surface area contributed by atoms with Crippen LogP contribution in [0.4, 0.5) is 0 Å². The van der Waals surface area contributed by atoms with Gasteiger partial charge in [0.05, 0.1) is 0 Å². The first-order valence-electron chi connectivity index (χ1n) is 6.67. The van der Waals surface area contributed by atoms with Crippen LogP contribution in [0.25, 0.3) is 0 Å². The second-order valence-electron chi connectivity index (χ2n) is 5.01. The predicted octanol–water partition coefficient (Wildman–Crippen LogP) is 2.95. The highest BCUT2D eigenvalue weighted by atomic mass is 16.5. The number of Topliss-reactive ketones (excluding diaryl/α,β-unsaturated/α-hetero) is 1. The molecule has 3 rings (SSSR count). The highest BCUT2D eigenvalue weighted by molar-refractivity contribution is 6.17. The molecule has 0 saturated carbocycles. The molecule has 1 unspecified atom stereocenters. The average molecular weight is 278 g/mol. The van der Waals surface area contributed by atoms with Crippen LogP contribution in [0.2, 0.25) is 0 Å². The normalized spacial score (nSPS) is 20.3. The summed E-state index contributed by atoms with van der Waals surface area (Å²) in [5, 5.41) is 0. The van der Waals surface area contributed by atoms with Crippen molar-refractivity contribution in [2.24, 2.45) is 0 Å². The van der Waals surface area contributed by atoms with Gasteiger partial charge in [0.1, 0.15) is 24.1 Å². The molecule has 3 heteroatoms. The van der Waals surface area contributed by atoms with Gasteiger partial charge in [-0.2, -0.15) is 0 Å². The number of ketones is 1. The van der Waals surface area contributed by atoms with Gasteiger partial charge in [-0.3, -0.25) is 4.79 Å². The first-order chi connectivity index (χ1) is 10.2. The highest BCUT2D eigenvalue weighted by Gasteiger charge is 2.47. The van der Waals surface area contributed by atoms with Gasteiger partial charge in [0.2, 0.25) is 0 Å². The second-order valence-corrected chi connectivity index (χ2v) is 5.01. The number of ether oxygens (including phenoxy) is 1. The third kappa shape index (κ3) is 1.89. The van der Waals surface area contributed by atoms with Gasteiger partial charge in [-0.25, -0.2) is 0 Å². The molecule has 1 atom stereocenters. The van der Waals surface area contributed by atoms with Crippen LogP contribution >= 0.6 is 0 Å². The number of benzene rings is 2. The van der Waals surface area contributed by atoms with Crippen LogP contribution in [0.1, 0.15) is 15.9 Å². The molecule has 2 aromatic rings. The van der Waals surface area contributed by atoms with E-state index in [1.165, 1.54) is 0 Å². The molecule has 1 heterocycles. The molecule has 2 aromatic carbocycles. The van der Waals surface area contributed by atoms with Crippen molar-refractivity contribution in [2.75, 3.05) is 6.61 Å². The fourth-order valence-electron chi connectivity index (χ4n) is 2.69. The van der Waals surface area contributed by atoms with E-state index in [1.54, 1.807) is 42.5 Å². The lowest BCUT2D eigenvalue weighted by Gasteiger charge is -2.35. The Morgan fingerprint density at radius 1 is 1.10 bits per heavy atom. The summed E-state index contributed by atoms with van der Waals surface area (Å²) in [6.07, 6.45) is 0.687. The average Bonchev–Trinajstić information content (AvgIpc) is 2.55. The highest BCUT2D eigenvalue weighted by Crippen LogP contribution is 2.42. The van der Waals surface area contributed by atoms with Gasteiger partial charge in [-0.1, -0.05) is 55.1 Å². The SMILES string of the molecule is C=C1COc2ccccc2C1(C=O)C(=O)c1ccccc1. The zero-order chi connectivity index (χ0) is 14.9. The zero-order valence-corrected chi connectivity index (χ0v) is 11.4. The van der Waals surface area contributed by atoms with Crippen molar-refractivity contribution in [2.45, 2.75) is 5.41 Å². The Kier molecular flexibility index (Phi) is 3.18. The molecule has 0 spiro atoms. The van der Waals surface area contributed by atoms with Crippen molar-refractivity contribution in [1.82, 2.24) is 0 Å². The lowest BCUT2D eigenvalue weighted by molar-refractivity contribution is -0.110. The lowest BCUT2D eigenvalue weighted by Crippen LogP contribution is -2.44. The Bertz CT molecular complexity index is 718. The van der Waals surface area contributed by atoms with Gasteiger partial charge in [0.15, 0.2) is 5.78 Å². The summed E-state index contributed by atoms with van der Waals surface area (Å²) in [4.78, 5) is 24.9. The maximum Gasteiger partial charge on any atom is 0.184 e. The zero-order valence-electron chi connectivity index (χ0n) is 11.4. The van der Waals surface area contributed by atoms with Crippen LogP contribution in [-0.2, 0) is 10.2 Å². The fraction of sp³-hybridized carbons (Fsp3) is 0.111. The van der Waals surface area contributed by atoms with Crippen LogP contribution in [0.5, 0.6) is 5.75 Å². The predicted molar refractivity (Wildman–Crippen MR) is 79.6 cm³/mol. The summed E-state index contributed by atoms with van der Waals surface area (Å²) in [7, 11) is 0. The van der Waals surface area contributed by atoms with E-state index in [4.69, 9.17) is 4.74 Å². The summed E-state index contributed by atoms with van der Waals surface area (Å²) in [6, 6.07) is 15.9. The van der Waals surface area contributed by atoms with Gasteiger partial charge in [-0.15, -0.1) is 0 Å². The summed E-state index contributed by atoms with van der Waals surface area (Å²) in [6.45, 7) is 4.07. The minimum absolute atomic E-state index is 0.161. The third-order valence-corrected chi connectivity index (χ3v) is 3.84. The van der Waals surface area contributed by atoms with E-state index >= 15 is 0 Å². The Labute approximate surface area is 122 Å². The first-order valence-corrected chi connectivity index (χ1v) is 6.67. The quantitative estimate of drug-likeness (QED) is 0.375. The molecule has 0 saturated heterocycles. The fourth-order valence-corrected chi connectivity index (χ4v) is 2.69. The van der Waals surface area contributed by atoms with Crippen molar-refractivity contribution >= 4 is 12.1 Å². The minimum Gasteiger partial charge on any atom is -0.489 e. The molecule has 21 heavy (non-hydrogen) atoms. The molecular weight excluding hydrogens is 264 g/mol. The minimum atomic E-state index is -1.36. The summed E-state index contributed by atoms with van der Waals surface area (Å²) >= 11 is 0. The van der Waals surface area contributed by atoms with Crippen molar-refractivity contribution in [1.29, 1.82) is 0 Å². The number of carbonyl (C=O) groups excluding carboxylic acids is 2. The number of hydrogen-bond donors (Lipinski definition) is 0. The van der Waals surface area contributed by atoms with Gasteiger partial charge < -0.3 is 9.53 Å². The van der Waals surface area contributed by atoms with Gasteiger partial charge in [0.25, 0.3) is 0 Å². The molecule has 3 nitrogen and oxygen atoms in total. The van der Waals surface area contributed by atoms with Crippen LogP contribution in [0.3, 0.4) is 0 Å². The maximum absolute atomic E-state index is 13.0. The number of carbonyl (C=O) groups is 2. The van der Waals surface area contributed by atoms with Crippen molar-refractivity contribution in [3.63, 3.8) is 0 Å². The van der Waals surface area contributed by atoms with Gasteiger partial charge in [-0.05, 0) is 11.6 Å². The maximum atomic E-state index is 13.0. The molecule has 0 aliphatic carbocycles. The topological polar surface area (TPSA) is 43.4 Å². The van der Waals surface area contributed by atoms with Gasteiger partial charge >= 0.3 is 0 Å². The van der Waals surface area contributed by atoms with E-state index in [1.807, 2.05) is 12.1 Å². The van der Waals surface area contributed by atoms with Crippen molar-refractivity contribution in [3.8, 4) is 5.75 Å². The summed E-state index contributed by atoms with van der Waals surface area (Å²) in [5.41, 5.74) is 0.147. The number of fused-ring (bicyclic) bond motifs is 1. The molecule has 0 bridgehead atoms. The van der Waals surface area contributed by atoms with E-state index in [2.05, 4.69) is 6.58 Å². The van der Waals surface area contributed by atoms with Crippen LogP contribution < -0.4 is 4.74 Å². The number of para-hydroxylation sites is 1. The standard InChI is InChI=1S/C18H14O3/c1-13-11-21-16-10-6-5-9-15(16)18(13,12-19)17(20)14-7-3-2-4-8-14/h2-10,12H,1,11H2. The Hall–Kier alpha value is -2.68. The Morgan fingerprint density at radius 3 is 2.48 bits per heavy atom. The van der Waals surface area contributed by atoms with E-state index in [0.717, 1.165) is 0 Å². The molecule has 0 radical (unpaired) electrons. The van der Waals surface area contributed by atoms with E-state index in [-0.39, 0.29) is 12.4 Å². The van der Waals surface area contributed by atoms with E-state index in [9.17, 15) is 9.59 Å². The molecule has 0 fully saturated rings. The molecule has 1 aliphatic rings. The number of aldehydes is 1. The number of rotatable bonds is 3. The van der Waals surface area contributed by atoms with E-state index < -0.39 is 5.41 Å². The van der Waals surface area contributed by atoms with Crippen LogP contribution in [-0.4, -0.2) is 18.7 Å². The number of hydrogen-bond acceptors (Lipinski definition) is 3. The van der Waals surface area contributed by atoms with E-state index in [0.29, 0.717) is 28.7 Å². The molecule has 1 aliphatic heterocycles. The van der Waals surface area contributed by atoms with Gasteiger partial charge in [0, 0.05) is 11.1 Å². The molecule has 0 amide bonds. The molecule has 0 aromatic heterocycles. The van der Waals surface area contributed by atoms with Crippen molar-refractivity contribution in [3.05, 3.63) is 77.9 Å². The molecule has 104 valence electrons. The van der Waals surface area contributed by atoms with Crippen LogP contribution in [0.15, 0.2) is 66.7 Å². The first kappa shape index (κ1) is 13.3. The Balaban J connectivity index is 2.22. The largest absolute Gasteiger partial charge is 0.489 e. The summed E-state index contributed by atoms with van der Waals surface area (Å²) in [5.74, 6) is 0.292. The molecule has 0 N–H and O–H groups in total. The summed E-state index contributed by atoms with van der Waals surface area (Å²) < 4.78 is 5.57. The van der Waals surface area contributed by atoms with Crippen LogP contribution in [0, 0.1) is 0 Å². The monoisotopic (exact) mass is 278 g/mol. The Morgan fingerprint density at radius 2 is 1.76 bits per heavy atom.